The van der Waals surface area contributed by atoms with Gasteiger partial charge in [0.15, 0.2) is 5.78 Å². The molecule has 1 aromatic carbocycles. The molecule has 0 amide bonds. The van der Waals surface area contributed by atoms with Crippen molar-refractivity contribution in [1.82, 2.24) is 9.55 Å². The van der Waals surface area contributed by atoms with Crippen LogP contribution in [0.5, 0.6) is 0 Å². The third-order valence-electron chi connectivity index (χ3n) is 4.79. The number of hydrogen-bond acceptors (Lipinski definition) is 2. The maximum Gasteiger partial charge on any atom is 0.180 e. The first kappa shape index (κ1) is 18.3. The van der Waals surface area contributed by atoms with Gasteiger partial charge in [0.2, 0.25) is 0 Å². The van der Waals surface area contributed by atoms with E-state index in [9.17, 15) is 9.18 Å². The maximum absolute atomic E-state index is 13.3. The van der Waals surface area contributed by atoms with Crippen molar-refractivity contribution in [3.63, 3.8) is 0 Å². The molecule has 26 heavy (non-hydrogen) atoms. The standard InChI is InChI=1S/C22H25FN2O/c1-6-20(26)19-10-9-17-18(13-25(21(17)24-19)22(3,4)5)15-8-7-14(2)16(11-15)12-23/h7-11,13H,6,12H2,1-5H3. The molecule has 0 aliphatic carbocycles. The van der Waals surface area contributed by atoms with Gasteiger partial charge in [-0.15, -0.1) is 0 Å². The number of benzene rings is 1. The Hall–Kier alpha value is -2.49. The number of carbonyl (C=O) groups excluding carboxylic acids is 1. The number of Topliss-reactive ketones (excluding diaryl/α,β-unsaturated/α-hetero) is 1. The minimum atomic E-state index is -0.481. The normalized spacial score (nSPS) is 11.9. The topological polar surface area (TPSA) is 34.9 Å². The lowest BCUT2D eigenvalue weighted by atomic mass is 10.00. The van der Waals surface area contributed by atoms with Gasteiger partial charge in [-0.25, -0.2) is 9.37 Å². The first-order chi connectivity index (χ1) is 12.3. The second-order valence-corrected chi connectivity index (χ2v) is 7.70. The van der Waals surface area contributed by atoms with E-state index in [4.69, 9.17) is 0 Å². The van der Waals surface area contributed by atoms with Crippen LogP contribution < -0.4 is 0 Å². The number of aromatic nitrogens is 2. The van der Waals surface area contributed by atoms with Crippen molar-refractivity contribution < 1.29 is 9.18 Å². The van der Waals surface area contributed by atoms with Gasteiger partial charge in [-0.1, -0.05) is 19.1 Å². The van der Waals surface area contributed by atoms with E-state index in [0.717, 1.165) is 27.7 Å². The average Bonchev–Trinajstić information content (AvgIpc) is 3.00. The molecule has 4 heteroatoms. The van der Waals surface area contributed by atoms with Gasteiger partial charge in [0.05, 0.1) is 0 Å². The largest absolute Gasteiger partial charge is 0.327 e. The van der Waals surface area contributed by atoms with Gasteiger partial charge in [-0.2, -0.15) is 0 Å². The van der Waals surface area contributed by atoms with E-state index in [2.05, 4.69) is 36.5 Å². The van der Waals surface area contributed by atoms with Crippen molar-refractivity contribution in [3.05, 3.63) is 53.3 Å². The Labute approximate surface area is 153 Å². The molecule has 3 rings (SSSR count). The summed E-state index contributed by atoms with van der Waals surface area (Å²) in [5.74, 6) is 0.0326. The van der Waals surface area contributed by atoms with Crippen LogP contribution in [-0.4, -0.2) is 15.3 Å². The highest BCUT2D eigenvalue weighted by molar-refractivity contribution is 5.99. The van der Waals surface area contributed by atoms with Gasteiger partial charge in [-0.3, -0.25) is 4.79 Å². The molecule has 0 spiro atoms. The van der Waals surface area contributed by atoms with Crippen LogP contribution in [0.1, 0.15) is 55.7 Å². The summed E-state index contributed by atoms with van der Waals surface area (Å²) in [4.78, 5) is 16.8. The number of fused-ring (bicyclic) bond motifs is 1. The predicted octanol–water partition coefficient (Wildman–Crippen LogP) is 5.83. The monoisotopic (exact) mass is 352 g/mol. The van der Waals surface area contributed by atoms with E-state index in [1.807, 2.05) is 38.1 Å². The minimum absolute atomic E-state index is 0.0326. The molecule has 136 valence electrons. The Bertz CT molecular complexity index is 980. The smallest absolute Gasteiger partial charge is 0.180 e. The number of alkyl halides is 1. The first-order valence-corrected chi connectivity index (χ1v) is 8.98. The highest BCUT2D eigenvalue weighted by atomic mass is 19.1. The molecule has 0 radical (unpaired) electrons. The van der Waals surface area contributed by atoms with Crippen molar-refractivity contribution in [2.45, 2.75) is 53.3 Å². The van der Waals surface area contributed by atoms with Crippen LogP contribution in [0.4, 0.5) is 4.39 Å². The predicted molar refractivity (Wildman–Crippen MR) is 104 cm³/mol. The van der Waals surface area contributed by atoms with Gasteiger partial charge in [0.1, 0.15) is 18.0 Å². The minimum Gasteiger partial charge on any atom is -0.327 e. The lowest BCUT2D eigenvalue weighted by molar-refractivity contribution is 0.0983. The van der Waals surface area contributed by atoms with E-state index >= 15 is 0 Å². The third-order valence-corrected chi connectivity index (χ3v) is 4.79. The van der Waals surface area contributed by atoms with Crippen molar-refractivity contribution >= 4 is 16.8 Å². The van der Waals surface area contributed by atoms with Crippen molar-refractivity contribution in [2.24, 2.45) is 0 Å². The highest BCUT2D eigenvalue weighted by Gasteiger charge is 2.21. The molecule has 0 saturated heterocycles. The number of hydrogen-bond donors (Lipinski definition) is 0. The zero-order valence-corrected chi connectivity index (χ0v) is 16.1. The van der Waals surface area contributed by atoms with Crippen LogP contribution >= 0.6 is 0 Å². The summed E-state index contributed by atoms with van der Waals surface area (Å²) in [6, 6.07) is 9.61. The molecule has 0 aliphatic heterocycles. The fourth-order valence-corrected chi connectivity index (χ4v) is 3.16. The number of carbonyl (C=O) groups is 1. The fourth-order valence-electron chi connectivity index (χ4n) is 3.16. The summed E-state index contributed by atoms with van der Waals surface area (Å²) < 4.78 is 15.4. The molecule has 3 nitrogen and oxygen atoms in total. The summed E-state index contributed by atoms with van der Waals surface area (Å²) in [5, 5.41) is 0.973. The lowest BCUT2D eigenvalue weighted by Gasteiger charge is -2.22. The molecule has 0 N–H and O–H groups in total. The Balaban J connectivity index is 2.28. The number of pyridine rings is 1. The number of nitrogens with zero attached hydrogens (tertiary/aromatic N) is 2. The average molecular weight is 352 g/mol. The fraction of sp³-hybridized carbons (Fsp3) is 0.364. The quantitative estimate of drug-likeness (QED) is 0.554. The Kier molecular flexibility index (Phi) is 4.70. The third kappa shape index (κ3) is 3.16. The van der Waals surface area contributed by atoms with E-state index in [-0.39, 0.29) is 11.3 Å². The summed E-state index contributed by atoms with van der Waals surface area (Å²) >= 11 is 0. The first-order valence-electron chi connectivity index (χ1n) is 8.98. The molecule has 2 heterocycles. The maximum atomic E-state index is 13.3. The number of halogens is 1. The van der Waals surface area contributed by atoms with Crippen molar-refractivity contribution in [2.75, 3.05) is 0 Å². The summed E-state index contributed by atoms with van der Waals surface area (Å²) in [7, 11) is 0. The van der Waals surface area contributed by atoms with Crippen LogP contribution in [0.25, 0.3) is 22.2 Å². The van der Waals surface area contributed by atoms with E-state index in [1.54, 1.807) is 6.07 Å². The van der Waals surface area contributed by atoms with Gasteiger partial charge < -0.3 is 4.57 Å². The zero-order chi connectivity index (χ0) is 19.1. The zero-order valence-electron chi connectivity index (χ0n) is 16.1. The van der Waals surface area contributed by atoms with Crippen molar-refractivity contribution in [1.29, 1.82) is 0 Å². The van der Waals surface area contributed by atoms with E-state index in [1.165, 1.54) is 0 Å². The molecule has 0 atom stereocenters. The van der Waals surface area contributed by atoms with Crippen LogP contribution in [0.3, 0.4) is 0 Å². The molecule has 0 fully saturated rings. The van der Waals surface area contributed by atoms with Gasteiger partial charge in [0, 0.05) is 29.1 Å². The van der Waals surface area contributed by atoms with Gasteiger partial charge in [0.25, 0.3) is 0 Å². The van der Waals surface area contributed by atoms with Crippen LogP contribution in [-0.2, 0) is 12.2 Å². The Morgan fingerprint density at radius 3 is 2.54 bits per heavy atom. The number of ketones is 1. The van der Waals surface area contributed by atoms with Crippen LogP contribution in [0.2, 0.25) is 0 Å². The molecular formula is C22H25FN2O. The Morgan fingerprint density at radius 1 is 1.19 bits per heavy atom. The molecule has 0 unspecified atom stereocenters. The number of aryl methyl sites for hydroxylation is 1. The molecule has 3 aromatic rings. The second kappa shape index (κ2) is 6.67. The number of rotatable bonds is 4. The highest BCUT2D eigenvalue weighted by Crippen LogP contribution is 2.34. The SMILES string of the molecule is CCC(=O)c1ccc2c(-c3ccc(C)c(CF)c3)cn(C(C)(C)C)c2n1. The van der Waals surface area contributed by atoms with E-state index < -0.39 is 6.67 Å². The van der Waals surface area contributed by atoms with Gasteiger partial charge >= 0.3 is 0 Å². The lowest BCUT2D eigenvalue weighted by Crippen LogP contribution is -2.21. The van der Waals surface area contributed by atoms with Crippen LogP contribution in [0, 0.1) is 6.92 Å². The molecule has 0 saturated carbocycles. The summed E-state index contributed by atoms with van der Waals surface area (Å²) in [5.41, 5.74) is 4.71. The van der Waals surface area contributed by atoms with Gasteiger partial charge in [-0.05, 0) is 62.6 Å². The molecule has 2 aromatic heterocycles. The summed E-state index contributed by atoms with van der Waals surface area (Å²) in [6.07, 6.45) is 2.49. The molecule has 0 bridgehead atoms. The van der Waals surface area contributed by atoms with Crippen molar-refractivity contribution in [3.8, 4) is 11.1 Å². The van der Waals surface area contributed by atoms with E-state index in [0.29, 0.717) is 17.7 Å². The second-order valence-electron chi connectivity index (χ2n) is 7.70. The Morgan fingerprint density at radius 2 is 1.92 bits per heavy atom. The molecule has 0 aliphatic rings. The summed E-state index contributed by atoms with van der Waals surface area (Å²) in [6.45, 7) is 9.59. The van der Waals surface area contributed by atoms with Crippen LogP contribution in [0.15, 0.2) is 36.5 Å². The molecular weight excluding hydrogens is 327 g/mol.